The molecular formula is C10H11BrCl2O2. The van der Waals surface area contributed by atoms with Crippen molar-refractivity contribution in [1.82, 2.24) is 0 Å². The van der Waals surface area contributed by atoms with E-state index in [1.165, 1.54) is 0 Å². The SMILES string of the molecule is OC(CCCl)C(O)c1cc(Cl)cc(Br)c1. The highest BCUT2D eigenvalue weighted by molar-refractivity contribution is 9.10. The maximum absolute atomic E-state index is 9.78. The quantitative estimate of drug-likeness (QED) is 0.838. The van der Waals surface area contributed by atoms with Gasteiger partial charge in [0.1, 0.15) is 6.10 Å². The number of alkyl halides is 1. The van der Waals surface area contributed by atoms with Crippen LogP contribution in [0.4, 0.5) is 0 Å². The van der Waals surface area contributed by atoms with E-state index in [0.29, 0.717) is 22.9 Å². The molecule has 1 aromatic rings. The Morgan fingerprint density at radius 2 is 1.93 bits per heavy atom. The van der Waals surface area contributed by atoms with Gasteiger partial charge in [0.05, 0.1) is 6.10 Å². The fourth-order valence-electron chi connectivity index (χ4n) is 1.24. The van der Waals surface area contributed by atoms with Gasteiger partial charge in [-0.05, 0) is 30.2 Å². The summed E-state index contributed by atoms with van der Waals surface area (Å²) in [4.78, 5) is 0. The summed E-state index contributed by atoms with van der Waals surface area (Å²) in [7, 11) is 0. The molecule has 0 heterocycles. The second-order valence-electron chi connectivity index (χ2n) is 3.19. The van der Waals surface area contributed by atoms with E-state index in [-0.39, 0.29) is 0 Å². The Bertz CT molecular complexity index is 313. The largest absolute Gasteiger partial charge is 0.390 e. The third-order valence-electron chi connectivity index (χ3n) is 2.00. The van der Waals surface area contributed by atoms with Crippen LogP contribution >= 0.6 is 39.1 Å². The first-order valence-electron chi connectivity index (χ1n) is 4.42. The van der Waals surface area contributed by atoms with Crippen LogP contribution in [0.1, 0.15) is 18.1 Å². The van der Waals surface area contributed by atoms with Crippen LogP contribution in [0.25, 0.3) is 0 Å². The molecular weight excluding hydrogens is 303 g/mol. The molecule has 84 valence electrons. The number of hydrogen-bond acceptors (Lipinski definition) is 2. The van der Waals surface area contributed by atoms with Crippen LogP contribution in [0.5, 0.6) is 0 Å². The van der Waals surface area contributed by atoms with Crippen LogP contribution < -0.4 is 0 Å². The monoisotopic (exact) mass is 312 g/mol. The molecule has 0 radical (unpaired) electrons. The summed E-state index contributed by atoms with van der Waals surface area (Å²) in [5, 5.41) is 19.9. The molecule has 5 heteroatoms. The summed E-state index contributed by atoms with van der Waals surface area (Å²) in [6.07, 6.45) is -1.49. The Morgan fingerprint density at radius 1 is 1.27 bits per heavy atom. The van der Waals surface area contributed by atoms with Gasteiger partial charge in [-0.3, -0.25) is 0 Å². The van der Waals surface area contributed by atoms with Gasteiger partial charge in [-0.1, -0.05) is 27.5 Å². The molecule has 2 nitrogen and oxygen atoms in total. The molecule has 15 heavy (non-hydrogen) atoms. The molecule has 1 aromatic carbocycles. The van der Waals surface area contributed by atoms with E-state index in [1.807, 2.05) is 0 Å². The zero-order chi connectivity index (χ0) is 11.4. The van der Waals surface area contributed by atoms with Crippen LogP contribution in [0.2, 0.25) is 5.02 Å². The number of halogens is 3. The minimum Gasteiger partial charge on any atom is -0.390 e. The second-order valence-corrected chi connectivity index (χ2v) is 4.92. The van der Waals surface area contributed by atoms with Gasteiger partial charge >= 0.3 is 0 Å². The molecule has 2 atom stereocenters. The molecule has 0 aliphatic rings. The first-order chi connectivity index (χ1) is 7.04. The number of rotatable bonds is 4. The highest BCUT2D eigenvalue weighted by atomic mass is 79.9. The maximum Gasteiger partial charge on any atom is 0.105 e. The van der Waals surface area contributed by atoms with Crippen molar-refractivity contribution in [2.24, 2.45) is 0 Å². The average molecular weight is 314 g/mol. The smallest absolute Gasteiger partial charge is 0.105 e. The number of benzene rings is 1. The van der Waals surface area contributed by atoms with Gasteiger partial charge < -0.3 is 10.2 Å². The molecule has 0 saturated carbocycles. The van der Waals surface area contributed by atoms with Gasteiger partial charge in [0.2, 0.25) is 0 Å². The predicted octanol–water partition coefficient (Wildman–Crippen LogP) is 3.13. The van der Waals surface area contributed by atoms with Crippen molar-refractivity contribution in [3.05, 3.63) is 33.3 Å². The summed E-state index contributed by atoms with van der Waals surface area (Å²) in [6, 6.07) is 5.05. The van der Waals surface area contributed by atoms with Gasteiger partial charge in [-0.2, -0.15) is 0 Å². The molecule has 0 fully saturated rings. The van der Waals surface area contributed by atoms with Crippen molar-refractivity contribution < 1.29 is 10.2 Å². The van der Waals surface area contributed by atoms with Crippen LogP contribution in [0.3, 0.4) is 0 Å². The number of aliphatic hydroxyl groups excluding tert-OH is 2. The van der Waals surface area contributed by atoms with Crippen molar-refractivity contribution in [1.29, 1.82) is 0 Å². The van der Waals surface area contributed by atoms with Gasteiger partial charge in [-0.25, -0.2) is 0 Å². The lowest BCUT2D eigenvalue weighted by molar-refractivity contribution is 0.0170. The number of hydrogen-bond donors (Lipinski definition) is 2. The molecule has 1 rings (SSSR count). The molecule has 0 aromatic heterocycles. The summed E-state index contributed by atoms with van der Waals surface area (Å²) >= 11 is 14.6. The van der Waals surface area contributed by atoms with Crippen LogP contribution in [0.15, 0.2) is 22.7 Å². The predicted molar refractivity (Wildman–Crippen MR) is 65.5 cm³/mol. The average Bonchev–Trinajstić information content (AvgIpc) is 2.15. The topological polar surface area (TPSA) is 40.5 Å². The highest BCUT2D eigenvalue weighted by Gasteiger charge is 2.18. The minimum absolute atomic E-state index is 0.306. The molecule has 0 bridgehead atoms. The standard InChI is InChI=1S/C10H11BrCl2O2/c11-7-3-6(4-8(13)5-7)10(15)9(14)1-2-12/h3-5,9-10,14-15H,1-2H2. The summed E-state index contributed by atoms with van der Waals surface area (Å²) in [6.45, 7) is 0. The lowest BCUT2D eigenvalue weighted by atomic mass is 10.0. The normalized spacial score (nSPS) is 15.0. The van der Waals surface area contributed by atoms with Crippen molar-refractivity contribution in [3.8, 4) is 0 Å². The van der Waals surface area contributed by atoms with Crippen LogP contribution in [0, 0.1) is 0 Å². The van der Waals surface area contributed by atoms with Crippen molar-refractivity contribution >= 4 is 39.1 Å². The van der Waals surface area contributed by atoms with E-state index < -0.39 is 12.2 Å². The molecule has 2 N–H and O–H groups in total. The van der Waals surface area contributed by atoms with Gasteiger partial charge in [0.15, 0.2) is 0 Å². The third-order valence-corrected chi connectivity index (χ3v) is 2.89. The zero-order valence-electron chi connectivity index (χ0n) is 7.83. The Balaban J connectivity index is 2.85. The van der Waals surface area contributed by atoms with E-state index in [4.69, 9.17) is 23.2 Å². The Labute approximate surface area is 107 Å². The Hall–Kier alpha value is 0.200. The van der Waals surface area contributed by atoms with E-state index in [1.54, 1.807) is 18.2 Å². The van der Waals surface area contributed by atoms with Gasteiger partial charge in [0.25, 0.3) is 0 Å². The van der Waals surface area contributed by atoms with Crippen molar-refractivity contribution in [2.45, 2.75) is 18.6 Å². The summed E-state index contributed by atoms with van der Waals surface area (Å²) in [5.74, 6) is 0.306. The fourth-order valence-corrected chi connectivity index (χ4v) is 2.35. The molecule has 0 saturated heterocycles. The molecule has 0 amide bonds. The second kappa shape index (κ2) is 6.06. The summed E-state index contributed by atoms with van der Waals surface area (Å²) in [5.41, 5.74) is 0.576. The van der Waals surface area contributed by atoms with E-state index in [2.05, 4.69) is 15.9 Å². The van der Waals surface area contributed by atoms with Crippen molar-refractivity contribution in [3.63, 3.8) is 0 Å². The first-order valence-corrected chi connectivity index (χ1v) is 6.13. The molecule has 0 aliphatic heterocycles. The van der Waals surface area contributed by atoms with Gasteiger partial charge in [0, 0.05) is 15.4 Å². The lowest BCUT2D eigenvalue weighted by Crippen LogP contribution is -2.18. The third kappa shape index (κ3) is 3.93. The van der Waals surface area contributed by atoms with E-state index in [0.717, 1.165) is 4.47 Å². The molecule has 0 spiro atoms. The Morgan fingerprint density at radius 3 is 2.47 bits per heavy atom. The highest BCUT2D eigenvalue weighted by Crippen LogP contribution is 2.26. The van der Waals surface area contributed by atoms with Crippen molar-refractivity contribution in [2.75, 3.05) is 5.88 Å². The Kier molecular flexibility index (Phi) is 5.36. The van der Waals surface area contributed by atoms with Gasteiger partial charge in [-0.15, -0.1) is 11.6 Å². The van der Waals surface area contributed by atoms with E-state index in [9.17, 15) is 10.2 Å². The zero-order valence-corrected chi connectivity index (χ0v) is 10.9. The molecule has 0 aliphatic carbocycles. The van der Waals surface area contributed by atoms with Crippen LogP contribution in [-0.2, 0) is 0 Å². The summed E-state index contributed by atoms with van der Waals surface area (Å²) < 4.78 is 0.766. The fraction of sp³-hybridized carbons (Fsp3) is 0.400. The van der Waals surface area contributed by atoms with E-state index >= 15 is 0 Å². The van der Waals surface area contributed by atoms with Crippen LogP contribution in [-0.4, -0.2) is 22.2 Å². The minimum atomic E-state index is -0.959. The number of aliphatic hydroxyl groups is 2. The lowest BCUT2D eigenvalue weighted by Gasteiger charge is -2.17. The first kappa shape index (κ1) is 13.3. The molecule has 2 unspecified atom stereocenters. The maximum atomic E-state index is 9.78.